The summed E-state index contributed by atoms with van der Waals surface area (Å²) < 4.78 is 0. The first-order chi connectivity index (χ1) is 14.7. The van der Waals surface area contributed by atoms with Gasteiger partial charge in [-0.3, -0.25) is 0 Å². The molecule has 0 saturated carbocycles. The molecule has 150 valence electrons. The topological polar surface area (TPSA) is 29.0 Å². The van der Waals surface area contributed by atoms with E-state index in [0.717, 1.165) is 45.6 Å². The second kappa shape index (κ2) is 10.2. The third-order valence-electron chi connectivity index (χ3n) is 4.54. The highest BCUT2D eigenvalue weighted by atomic mass is 15.2. The molecule has 30 heavy (non-hydrogen) atoms. The molecule has 0 fully saturated rings. The van der Waals surface area contributed by atoms with Crippen LogP contribution in [0.4, 0.5) is 5.69 Å². The molecule has 0 saturated heterocycles. The number of aromatic nitrogens is 2. The van der Waals surface area contributed by atoms with Gasteiger partial charge in [-0.05, 0) is 68.0 Å². The number of hydrogen-bond donors (Lipinski definition) is 0. The van der Waals surface area contributed by atoms with Gasteiger partial charge in [0, 0.05) is 17.1 Å². The average molecular weight is 394 g/mol. The van der Waals surface area contributed by atoms with Crippen LogP contribution in [0, 0.1) is 0 Å². The molecule has 3 heteroatoms. The minimum absolute atomic E-state index is 0.854. The van der Waals surface area contributed by atoms with E-state index in [2.05, 4.69) is 55.3 Å². The molecule has 0 aliphatic rings. The molecule has 0 aliphatic carbocycles. The van der Waals surface area contributed by atoms with Crippen molar-refractivity contribution in [1.29, 1.82) is 0 Å². The lowest BCUT2D eigenvalue weighted by Gasteiger charge is -2.27. The van der Waals surface area contributed by atoms with Crippen molar-refractivity contribution in [2.24, 2.45) is 0 Å². The Morgan fingerprint density at radius 3 is 2.07 bits per heavy atom. The molecule has 3 aromatic rings. The fourth-order valence-electron chi connectivity index (χ4n) is 3.26. The summed E-state index contributed by atoms with van der Waals surface area (Å²) in [7, 11) is 0. The molecule has 3 nitrogen and oxygen atoms in total. The van der Waals surface area contributed by atoms with Crippen LogP contribution < -0.4 is 4.90 Å². The average Bonchev–Trinajstić information content (AvgIpc) is 2.76. The molecule has 0 spiro atoms. The van der Waals surface area contributed by atoms with Crippen LogP contribution in [-0.2, 0) is 0 Å². The Kier molecular flexibility index (Phi) is 7.12. The van der Waals surface area contributed by atoms with Crippen LogP contribution in [0.25, 0.3) is 22.1 Å². The number of para-hydroxylation sites is 2. The van der Waals surface area contributed by atoms with Gasteiger partial charge in [-0.15, -0.1) is 0 Å². The lowest BCUT2D eigenvalue weighted by molar-refractivity contribution is 1.13. The van der Waals surface area contributed by atoms with E-state index < -0.39 is 0 Å². The van der Waals surface area contributed by atoms with Crippen LogP contribution in [0.3, 0.4) is 0 Å². The Bertz CT molecular complexity index is 1180. The highest BCUT2D eigenvalue weighted by Gasteiger charge is 2.14. The monoisotopic (exact) mass is 393 g/mol. The van der Waals surface area contributed by atoms with E-state index in [1.807, 2.05) is 55.5 Å². The second-order valence-corrected chi connectivity index (χ2v) is 6.69. The first kappa shape index (κ1) is 21.0. The smallest absolute Gasteiger partial charge is 0.0915 e. The molecule has 3 rings (SSSR count). The lowest BCUT2D eigenvalue weighted by atomic mass is 10.1. The molecular formula is C27H27N3. The van der Waals surface area contributed by atoms with Crippen molar-refractivity contribution in [1.82, 2.24) is 9.97 Å². The van der Waals surface area contributed by atoms with Crippen LogP contribution in [0.1, 0.15) is 20.3 Å². The fourth-order valence-corrected chi connectivity index (χ4v) is 3.26. The van der Waals surface area contributed by atoms with E-state index in [4.69, 9.17) is 9.97 Å². The summed E-state index contributed by atoms with van der Waals surface area (Å²) in [6.07, 6.45) is 16.9. The van der Waals surface area contributed by atoms with E-state index in [1.165, 1.54) is 0 Å². The maximum absolute atomic E-state index is 4.84. The summed E-state index contributed by atoms with van der Waals surface area (Å²) in [5.74, 6) is 0. The number of benzene rings is 2. The van der Waals surface area contributed by atoms with E-state index in [-0.39, 0.29) is 0 Å². The van der Waals surface area contributed by atoms with Gasteiger partial charge >= 0.3 is 0 Å². The molecule has 0 atom stereocenters. The predicted octanol–water partition coefficient (Wildman–Crippen LogP) is 7.27. The Balaban J connectivity index is 2.24. The van der Waals surface area contributed by atoms with Crippen molar-refractivity contribution >= 4 is 27.8 Å². The summed E-state index contributed by atoms with van der Waals surface area (Å²) in [6, 6.07) is 14.1. The summed E-state index contributed by atoms with van der Waals surface area (Å²) in [4.78, 5) is 11.8. The van der Waals surface area contributed by atoms with E-state index in [9.17, 15) is 0 Å². The normalized spacial score (nSPS) is 12.9. The minimum Gasteiger partial charge on any atom is -0.310 e. The summed E-state index contributed by atoms with van der Waals surface area (Å²) in [5, 5.41) is 0. The van der Waals surface area contributed by atoms with Crippen molar-refractivity contribution in [3.8, 4) is 0 Å². The molecule has 1 heterocycles. The van der Waals surface area contributed by atoms with Gasteiger partial charge in [-0.1, -0.05) is 56.5 Å². The largest absolute Gasteiger partial charge is 0.310 e. The SMILES string of the molecule is C=C/C=C(\C=C/C)N(C(/C=C\CC)=C/C=C)c1ccc2nc3ccccc3nc2c1. The van der Waals surface area contributed by atoms with Crippen LogP contribution in [-0.4, -0.2) is 9.97 Å². The number of nitrogens with zero attached hydrogens (tertiary/aromatic N) is 3. The van der Waals surface area contributed by atoms with Gasteiger partial charge in [-0.25, -0.2) is 9.97 Å². The molecule has 0 N–H and O–H groups in total. The van der Waals surface area contributed by atoms with Crippen LogP contribution in [0.5, 0.6) is 0 Å². The summed E-state index contributed by atoms with van der Waals surface area (Å²) in [6.45, 7) is 11.9. The molecule has 1 aromatic heterocycles. The number of hydrogen-bond acceptors (Lipinski definition) is 3. The quantitative estimate of drug-likeness (QED) is 0.298. The van der Waals surface area contributed by atoms with Crippen molar-refractivity contribution in [2.75, 3.05) is 4.90 Å². The number of allylic oxidation sites excluding steroid dienone is 8. The first-order valence-corrected chi connectivity index (χ1v) is 10.1. The zero-order valence-corrected chi connectivity index (χ0v) is 17.6. The summed E-state index contributed by atoms with van der Waals surface area (Å²) >= 11 is 0. The third-order valence-corrected chi connectivity index (χ3v) is 4.54. The molecule has 0 bridgehead atoms. The van der Waals surface area contributed by atoms with Crippen molar-refractivity contribution in [2.45, 2.75) is 20.3 Å². The molecule has 0 aliphatic heterocycles. The molecule has 2 aromatic carbocycles. The minimum atomic E-state index is 0.854. The molecule has 0 amide bonds. The van der Waals surface area contributed by atoms with Gasteiger partial charge in [0.05, 0.1) is 22.1 Å². The van der Waals surface area contributed by atoms with Crippen molar-refractivity contribution in [3.63, 3.8) is 0 Å². The number of rotatable bonds is 8. The van der Waals surface area contributed by atoms with Crippen LogP contribution in [0.15, 0.2) is 116 Å². The first-order valence-electron chi connectivity index (χ1n) is 10.1. The predicted molar refractivity (Wildman–Crippen MR) is 130 cm³/mol. The molecule has 0 radical (unpaired) electrons. The van der Waals surface area contributed by atoms with Gasteiger partial charge in [0.25, 0.3) is 0 Å². The molecule has 0 unspecified atom stereocenters. The van der Waals surface area contributed by atoms with Gasteiger partial charge in [0.1, 0.15) is 0 Å². The van der Waals surface area contributed by atoms with Crippen LogP contribution in [0.2, 0.25) is 0 Å². The standard InChI is InChI=1S/C27H27N3/c1-5-9-15-22(14-8-4)30(21(12-6-2)13-7-3)23-18-19-26-27(20-23)29-25-17-11-10-16-24(25)28-26/h6-20H,2,4-5H2,1,3H3/b13-7-,15-9-,21-12+,22-14+. The Morgan fingerprint density at radius 1 is 0.867 bits per heavy atom. The Labute approximate surface area is 178 Å². The summed E-state index contributed by atoms with van der Waals surface area (Å²) in [5.41, 5.74) is 6.50. The van der Waals surface area contributed by atoms with E-state index in [0.29, 0.717) is 0 Å². The van der Waals surface area contributed by atoms with E-state index >= 15 is 0 Å². The maximum atomic E-state index is 4.84. The van der Waals surface area contributed by atoms with Gasteiger partial charge in [0.2, 0.25) is 0 Å². The van der Waals surface area contributed by atoms with Crippen molar-refractivity contribution < 1.29 is 0 Å². The highest BCUT2D eigenvalue weighted by Crippen LogP contribution is 2.29. The fraction of sp³-hybridized carbons (Fsp3) is 0.111. The van der Waals surface area contributed by atoms with Gasteiger partial charge < -0.3 is 4.90 Å². The van der Waals surface area contributed by atoms with Crippen LogP contribution >= 0.6 is 0 Å². The zero-order chi connectivity index (χ0) is 21.3. The van der Waals surface area contributed by atoms with Gasteiger partial charge in [0.15, 0.2) is 0 Å². The lowest BCUT2D eigenvalue weighted by Crippen LogP contribution is -2.20. The molecular weight excluding hydrogens is 366 g/mol. The Morgan fingerprint density at radius 2 is 1.47 bits per heavy atom. The highest BCUT2D eigenvalue weighted by molar-refractivity contribution is 5.88. The van der Waals surface area contributed by atoms with Crippen molar-refractivity contribution in [3.05, 3.63) is 116 Å². The number of fused-ring (bicyclic) bond motifs is 2. The maximum Gasteiger partial charge on any atom is 0.0915 e. The third kappa shape index (κ3) is 4.64. The van der Waals surface area contributed by atoms with E-state index in [1.54, 1.807) is 12.2 Å². The Hall–Kier alpha value is -3.72. The zero-order valence-electron chi connectivity index (χ0n) is 17.6. The number of anilines is 1. The van der Waals surface area contributed by atoms with Gasteiger partial charge in [-0.2, -0.15) is 0 Å². The second-order valence-electron chi connectivity index (χ2n) is 6.69.